The molecule has 0 saturated heterocycles. The zero-order valence-electron chi connectivity index (χ0n) is 15.8. The van der Waals surface area contributed by atoms with Crippen molar-refractivity contribution in [1.82, 2.24) is 5.32 Å². The summed E-state index contributed by atoms with van der Waals surface area (Å²) in [6.07, 6.45) is 0.462. The van der Waals surface area contributed by atoms with Gasteiger partial charge in [0.05, 0.1) is 12.0 Å². The molecule has 0 fully saturated rings. The Morgan fingerprint density at radius 2 is 1.93 bits per heavy atom. The summed E-state index contributed by atoms with van der Waals surface area (Å²) in [5, 5.41) is 3.39. The van der Waals surface area contributed by atoms with Crippen LogP contribution in [0.1, 0.15) is 24.1 Å². The fraction of sp³-hybridized carbons (Fsp3) is 0.333. The number of halogens is 1. The van der Waals surface area contributed by atoms with Crippen molar-refractivity contribution in [3.8, 4) is 17.2 Å². The molecule has 1 N–H and O–H groups in total. The van der Waals surface area contributed by atoms with E-state index in [-0.39, 0.29) is 32.0 Å². The average molecular weight is 418 g/mol. The number of benzene rings is 2. The Labute approximate surface area is 172 Å². The van der Waals surface area contributed by atoms with Gasteiger partial charge in [-0.3, -0.25) is 9.59 Å². The predicted octanol–water partition coefficient (Wildman–Crippen LogP) is 3.04. The summed E-state index contributed by atoms with van der Waals surface area (Å²) in [7, 11) is 0. The zero-order valence-corrected chi connectivity index (χ0v) is 16.5. The molecule has 29 heavy (non-hydrogen) atoms. The van der Waals surface area contributed by atoms with E-state index in [2.05, 4.69) is 5.32 Å². The highest BCUT2D eigenvalue weighted by Gasteiger charge is 2.28. The molecule has 0 spiro atoms. The van der Waals surface area contributed by atoms with Gasteiger partial charge in [0.25, 0.3) is 5.91 Å². The van der Waals surface area contributed by atoms with E-state index in [4.69, 9.17) is 30.5 Å². The minimum absolute atomic E-state index is 0.192. The van der Waals surface area contributed by atoms with Crippen molar-refractivity contribution in [3.63, 3.8) is 0 Å². The van der Waals surface area contributed by atoms with Gasteiger partial charge in [0.15, 0.2) is 18.1 Å². The number of hydrogen-bond acceptors (Lipinski definition) is 6. The van der Waals surface area contributed by atoms with Crippen LogP contribution in [0.4, 0.5) is 0 Å². The Bertz CT molecular complexity index is 947. The van der Waals surface area contributed by atoms with E-state index in [1.165, 1.54) is 0 Å². The minimum Gasteiger partial charge on any atom is -0.492 e. The molecule has 2 aliphatic rings. The van der Waals surface area contributed by atoms with E-state index < -0.39 is 11.9 Å². The van der Waals surface area contributed by atoms with E-state index >= 15 is 0 Å². The third-order valence-corrected chi connectivity index (χ3v) is 5.12. The van der Waals surface area contributed by atoms with Crippen LogP contribution >= 0.6 is 11.6 Å². The number of carbonyl (C=O) groups is 2. The molecule has 2 aromatic carbocycles. The highest BCUT2D eigenvalue weighted by molar-refractivity contribution is 6.30. The van der Waals surface area contributed by atoms with E-state index in [0.29, 0.717) is 28.7 Å². The van der Waals surface area contributed by atoms with Crippen LogP contribution in [-0.2, 0) is 20.7 Å². The molecule has 0 bridgehead atoms. The number of esters is 1. The quantitative estimate of drug-likeness (QED) is 0.753. The lowest BCUT2D eigenvalue weighted by atomic mass is 9.97. The third kappa shape index (κ3) is 4.40. The summed E-state index contributed by atoms with van der Waals surface area (Å²) in [6, 6.07) is 10.5. The van der Waals surface area contributed by atoms with Crippen molar-refractivity contribution in [3.05, 3.63) is 52.5 Å². The smallest absolute Gasteiger partial charge is 0.313 e. The first-order chi connectivity index (χ1) is 14.0. The zero-order chi connectivity index (χ0) is 20.4. The highest BCUT2D eigenvalue weighted by atomic mass is 35.5. The summed E-state index contributed by atoms with van der Waals surface area (Å²) in [4.78, 5) is 24.5. The van der Waals surface area contributed by atoms with Crippen molar-refractivity contribution in [1.29, 1.82) is 0 Å². The van der Waals surface area contributed by atoms with Gasteiger partial charge in [-0.1, -0.05) is 17.7 Å². The van der Waals surface area contributed by atoms with Gasteiger partial charge >= 0.3 is 5.97 Å². The minimum atomic E-state index is -0.472. The van der Waals surface area contributed by atoms with Crippen molar-refractivity contribution in [2.75, 3.05) is 20.0 Å². The number of hydrogen-bond donors (Lipinski definition) is 1. The van der Waals surface area contributed by atoms with Gasteiger partial charge in [-0.05, 0) is 54.8 Å². The Balaban J connectivity index is 1.27. The molecule has 0 radical (unpaired) electrons. The largest absolute Gasteiger partial charge is 0.492 e. The number of ether oxygens (including phenoxy) is 4. The molecule has 0 saturated carbocycles. The molecule has 152 valence electrons. The van der Waals surface area contributed by atoms with Gasteiger partial charge < -0.3 is 24.3 Å². The topological polar surface area (TPSA) is 83.1 Å². The van der Waals surface area contributed by atoms with Crippen LogP contribution in [0, 0.1) is 5.92 Å². The van der Waals surface area contributed by atoms with Crippen molar-refractivity contribution < 1.29 is 28.5 Å². The predicted molar refractivity (Wildman–Crippen MR) is 104 cm³/mol. The second kappa shape index (κ2) is 8.21. The van der Waals surface area contributed by atoms with Crippen molar-refractivity contribution in [2.45, 2.75) is 19.4 Å². The second-order valence-electron chi connectivity index (χ2n) is 6.97. The molecule has 8 heteroatoms. The molecule has 7 nitrogen and oxygen atoms in total. The summed E-state index contributed by atoms with van der Waals surface area (Å²) >= 11 is 6.00. The van der Waals surface area contributed by atoms with Crippen LogP contribution in [0.15, 0.2) is 36.4 Å². The number of carbonyl (C=O) groups excluding carboxylic acids is 2. The van der Waals surface area contributed by atoms with Gasteiger partial charge in [-0.25, -0.2) is 0 Å². The molecule has 2 heterocycles. The summed E-state index contributed by atoms with van der Waals surface area (Å²) in [6.45, 7) is 1.89. The lowest BCUT2D eigenvalue weighted by Crippen LogP contribution is -2.34. The maximum absolute atomic E-state index is 12.3. The van der Waals surface area contributed by atoms with Crippen molar-refractivity contribution in [2.24, 2.45) is 5.92 Å². The normalized spacial score (nSPS) is 17.7. The maximum atomic E-state index is 12.3. The molecule has 0 aromatic heterocycles. The van der Waals surface area contributed by atoms with E-state index in [0.717, 1.165) is 11.1 Å². The number of amides is 1. The van der Waals surface area contributed by atoms with Crippen LogP contribution in [0.3, 0.4) is 0 Å². The molecular weight excluding hydrogens is 398 g/mol. The van der Waals surface area contributed by atoms with Crippen LogP contribution in [-0.4, -0.2) is 31.9 Å². The summed E-state index contributed by atoms with van der Waals surface area (Å²) < 4.78 is 21.4. The molecule has 0 aliphatic carbocycles. The number of nitrogens with one attached hydrogen (secondary N) is 1. The van der Waals surface area contributed by atoms with E-state index in [9.17, 15) is 9.59 Å². The number of fused-ring (bicyclic) bond motifs is 2. The fourth-order valence-corrected chi connectivity index (χ4v) is 3.51. The summed E-state index contributed by atoms with van der Waals surface area (Å²) in [5.41, 5.74) is 1.72. The lowest BCUT2D eigenvalue weighted by Gasteiger charge is -2.24. The molecular formula is C21H20ClNO6. The first-order valence-corrected chi connectivity index (χ1v) is 9.64. The monoisotopic (exact) mass is 417 g/mol. The second-order valence-corrected chi connectivity index (χ2v) is 7.41. The van der Waals surface area contributed by atoms with Crippen LogP contribution in [0.5, 0.6) is 17.2 Å². The van der Waals surface area contributed by atoms with Gasteiger partial charge in [0.2, 0.25) is 6.79 Å². The van der Waals surface area contributed by atoms with Gasteiger partial charge in [0.1, 0.15) is 12.4 Å². The lowest BCUT2D eigenvalue weighted by molar-refractivity contribution is -0.154. The van der Waals surface area contributed by atoms with Crippen LogP contribution < -0.4 is 19.5 Å². The van der Waals surface area contributed by atoms with Crippen LogP contribution in [0.25, 0.3) is 0 Å². The Kier molecular flexibility index (Phi) is 5.49. The Morgan fingerprint density at radius 3 is 2.79 bits per heavy atom. The van der Waals surface area contributed by atoms with E-state index in [1.807, 2.05) is 19.1 Å². The number of rotatable bonds is 5. The standard InChI is InChI=1S/C21H20ClNO6/c1-12(13-2-4-18-19(8-13)29-11-28-18)23-20(24)10-27-21(25)15-6-14-7-16(22)3-5-17(14)26-9-15/h2-5,7-8,12,15H,6,9-11H2,1H3,(H,23,24)/t12-,15+/m0/s1. The Hall–Kier alpha value is -2.93. The molecule has 4 rings (SSSR count). The van der Waals surface area contributed by atoms with Crippen molar-refractivity contribution >= 4 is 23.5 Å². The Morgan fingerprint density at radius 1 is 1.14 bits per heavy atom. The molecule has 2 atom stereocenters. The van der Waals surface area contributed by atoms with Gasteiger partial charge in [0, 0.05) is 5.02 Å². The first kappa shape index (κ1) is 19.4. The molecule has 1 amide bonds. The van der Waals surface area contributed by atoms with Gasteiger partial charge in [-0.15, -0.1) is 0 Å². The fourth-order valence-electron chi connectivity index (χ4n) is 3.32. The molecule has 2 aliphatic heterocycles. The molecule has 0 unspecified atom stereocenters. The SMILES string of the molecule is C[C@H](NC(=O)COC(=O)[C@H]1COc2ccc(Cl)cc2C1)c1ccc2c(c1)OCO2. The average Bonchev–Trinajstić information content (AvgIpc) is 3.19. The summed E-state index contributed by atoms with van der Waals surface area (Å²) in [5.74, 6) is 0.713. The first-order valence-electron chi connectivity index (χ1n) is 9.26. The third-order valence-electron chi connectivity index (χ3n) is 4.88. The maximum Gasteiger partial charge on any atom is 0.313 e. The van der Waals surface area contributed by atoms with Crippen LogP contribution in [0.2, 0.25) is 5.02 Å². The highest BCUT2D eigenvalue weighted by Crippen LogP contribution is 2.34. The van der Waals surface area contributed by atoms with E-state index in [1.54, 1.807) is 24.3 Å². The molecule has 2 aromatic rings. The van der Waals surface area contributed by atoms with Gasteiger partial charge in [-0.2, -0.15) is 0 Å².